The number of nitrogens with one attached hydrogen (secondary N) is 1. The monoisotopic (exact) mass is 337 g/mol. The number of nitrogens with zero attached hydrogens (tertiary/aromatic N) is 2. The molecule has 0 fully saturated rings. The van der Waals surface area contributed by atoms with Crippen LogP contribution in [-0.4, -0.2) is 22.8 Å². The number of ether oxygens (including phenoxy) is 1. The molecular formula is C14H16BrN3O2. The first-order valence-electron chi connectivity index (χ1n) is 6.09. The van der Waals surface area contributed by atoms with Crippen LogP contribution in [0, 0.1) is 13.8 Å². The summed E-state index contributed by atoms with van der Waals surface area (Å²) < 4.78 is 7.52. The first-order chi connectivity index (χ1) is 9.43. The van der Waals surface area contributed by atoms with E-state index in [9.17, 15) is 4.79 Å². The lowest BCUT2D eigenvalue weighted by molar-refractivity contribution is 0.102. The topological polar surface area (TPSA) is 56.1 Å². The van der Waals surface area contributed by atoms with Crippen LogP contribution >= 0.6 is 15.9 Å². The van der Waals surface area contributed by atoms with Crippen LogP contribution in [0.1, 0.15) is 21.7 Å². The summed E-state index contributed by atoms with van der Waals surface area (Å²) in [4.78, 5) is 12.3. The zero-order chi connectivity index (χ0) is 14.9. The van der Waals surface area contributed by atoms with Gasteiger partial charge in [-0.1, -0.05) is 0 Å². The summed E-state index contributed by atoms with van der Waals surface area (Å²) in [6.07, 6.45) is 0. The van der Waals surface area contributed by atoms with E-state index in [1.165, 1.54) is 0 Å². The standard InChI is InChI=1S/C14H16BrN3O2/c1-8-7-10(20-4)5-6-11(8)16-14(19)13-12(15)9(2)18(3)17-13/h5-7H,1-4H3,(H,16,19). The molecule has 0 bridgehead atoms. The van der Waals surface area contributed by atoms with E-state index in [0.717, 1.165) is 22.7 Å². The van der Waals surface area contributed by atoms with Gasteiger partial charge in [0.2, 0.25) is 0 Å². The van der Waals surface area contributed by atoms with E-state index in [4.69, 9.17) is 4.74 Å². The van der Waals surface area contributed by atoms with Crippen LogP contribution in [0.4, 0.5) is 5.69 Å². The Balaban J connectivity index is 2.25. The summed E-state index contributed by atoms with van der Waals surface area (Å²) in [5.41, 5.74) is 2.95. The number of hydrogen-bond acceptors (Lipinski definition) is 3. The number of benzene rings is 1. The minimum absolute atomic E-state index is 0.242. The highest BCUT2D eigenvalue weighted by molar-refractivity contribution is 9.10. The lowest BCUT2D eigenvalue weighted by Crippen LogP contribution is -2.14. The molecule has 2 rings (SSSR count). The van der Waals surface area contributed by atoms with Crippen molar-refractivity contribution < 1.29 is 9.53 Å². The molecule has 0 unspecified atom stereocenters. The van der Waals surface area contributed by atoms with Gasteiger partial charge in [0.05, 0.1) is 17.3 Å². The van der Waals surface area contributed by atoms with Crippen molar-refractivity contribution in [1.82, 2.24) is 9.78 Å². The van der Waals surface area contributed by atoms with E-state index >= 15 is 0 Å². The Morgan fingerprint density at radius 3 is 2.60 bits per heavy atom. The first kappa shape index (κ1) is 14.6. The largest absolute Gasteiger partial charge is 0.497 e. The van der Waals surface area contributed by atoms with Crippen molar-refractivity contribution in [3.05, 3.63) is 39.6 Å². The molecule has 0 saturated carbocycles. The lowest BCUT2D eigenvalue weighted by atomic mass is 10.2. The van der Waals surface area contributed by atoms with Crippen LogP contribution in [0.2, 0.25) is 0 Å². The molecule has 0 aliphatic rings. The summed E-state index contributed by atoms with van der Waals surface area (Å²) in [5, 5.41) is 7.06. The number of amides is 1. The molecule has 0 atom stereocenters. The molecule has 2 aromatic rings. The fourth-order valence-corrected chi connectivity index (χ4v) is 2.33. The van der Waals surface area contributed by atoms with Crippen LogP contribution in [0.3, 0.4) is 0 Å². The Labute approximate surface area is 126 Å². The molecule has 106 valence electrons. The van der Waals surface area contributed by atoms with Gasteiger partial charge in [0.1, 0.15) is 5.75 Å². The molecule has 20 heavy (non-hydrogen) atoms. The molecule has 0 saturated heterocycles. The summed E-state index contributed by atoms with van der Waals surface area (Å²) in [5.74, 6) is 0.518. The van der Waals surface area contributed by atoms with E-state index in [-0.39, 0.29) is 5.91 Å². The third kappa shape index (κ3) is 2.70. The maximum Gasteiger partial charge on any atom is 0.277 e. The number of methoxy groups -OCH3 is 1. The van der Waals surface area contributed by atoms with Crippen molar-refractivity contribution >= 4 is 27.5 Å². The normalized spacial score (nSPS) is 10.4. The molecule has 1 N–H and O–H groups in total. The highest BCUT2D eigenvalue weighted by Crippen LogP contribution is 2.24. The van der Waals surface area contributed by atoms with Gasteiger partial charge in [0.15, 0.2) is 5.69 Å². The minimum Gasteiger partial charge on any atom is -0.497 e. The molecule has 1 heterocycles. The van der Waals surface area contributed by atoms with Crippen molar-refractivity contribution in [2.24, 2.45) is 7.05 Å². The Bertz CT molecular complexity index is 665. The zero-order valence-corrected chi connectivity index (χ0v) is 13.4. The van der Waals surface area contributed by atoms with Crippen molar-refractivity contribution in [1.29, 1.82) is 0 Å². The lowest BCUT2D eigenvalue weighted by Gasteiger charge is -2.09. The fraction of sp³-hybridized carbons (Fsp3) is 0.286. The van der Waals surface area contributed by atoms with Gasteiger partial charge in [-0.05, 0) is 53.5 Å². The van der Waals surface area contributed by atoms with E-state index in [1.807, 2.05) is 26.0 Å². The smallest absolute Gasteiger partial charge is 0.277 e. The Morgan fingerprint density at radius 1 is 1.40 bits per heavy atom. The third-order valence-corrected chi connectivity index (χ3v) is 4.11. The molecule has 5 nitrogen and oxygen atoms in total. The molecule has 0 aliphatic heterocycles. The SMILES string of the molecule is COc1ccc(NC(=O)c2nn(C)c(C)c2Br)c(C)c1. The molecule has 0 aliphatic carbocycles. The number of aryl methyl sites for hydroxylation is 2. The molecular weight excluding hydrogens is 322 g/mol. The molecule has 0 spiro atoms. The second-order valence-corrected chi connectivity index (χ2v) is 5.30. The second kappa shape index (κ2) is 5.66. The van der Waals surface area contributed by atoms with Gasteiger partial charge in [-0.3, -0.25) is 9.48 Å². The van der Waals surface area contributed by atoms with E-state index in [0.29, 0.717) is 10.2 Å². The van der Waals surface area contributed by atoms with Crippen LogP contribution < -0.4 is 10.1 Å². The van der Waals surface area contributed by atoms with Gasteiger partial charge in [0.25, 0.3) is 5.91 Å². The quantitative estimate of drug-likeness (QED) is 0.936. The average Bonchev–Trinajstić information content (AvgIpc) is 2.68. The molecule has 1 aromatic heterocycles. The number of halogens is 1. The van der Waals surface area contributed by atoms with Gasteiger partial charge < -0.3 is 10.1 Å². The predicted octanol–water partition coefficient (Wildman–Crippen LogP) is 3.06. The van der Waals surface area contributed by atoms with Gasteiger partial charge in [-0.25, -0.2) is 0 Å². The Morgan fingerprint density at radius 2 is 2.10 bits per heavy atom. The number of carbonyl (C=O) groups excluding carboxylic acids is 1. The van der Waals surface area contributed by atoms with Gasteiger partial charge in [-0.2, -0.15) is 5.10 Å². The average molecular weight is 338 g/mol. The van der Waals surface area contributed by atoms with Gasteiger partial charge >= 0.3 is 0 Å². The molecule has 6 heteroatoms. The highest BCUT2D eigenvalue weighted by atomic mass is 79.9. The maximum absolute atomic E-state index is 12.3. The van der Waals surface area contributed by atoms with Crippen LogP contribution in [0.5, 0.6) is 5.75 Å². The number of carbonyl (C=O) groups is 1. The summed E-state index contributed by atoms with van der Waals surface area (Å²) in [6.45, 7) is 3.81. The summed E-state index contributed by atoms with van der Waals surface area (Å²) >= 11 is 3.39. The van der Waals surface area contributed by atoms with Crippen molar-refractivity contribution in [2.75, 3.05) is 12.4 Å². The van der Waals surface area contributed by atoms with Crippen LogP contribution in [0.15, 0.2) is 22.7 Å². The Kier molecular flexibility index (Phi) is 4.13. The van der Waals surface area contributed by atoms with Crippen molar-refractivity contribution in [3.8, 4) is 5.75 Å². The molecule has 0 radical (unpaired) electrons. The Hall–Kier alpha value is -1.82. The van der Waals surface area contributed by atoms with Crippen molar-refractivity contribution in [3.63, 3.8) is 0 Å². The fourth-order valence-electron chi connectivity index (χ4n) is 1.81. The van der Waals surface area contributed by atoms with Crippen molar-refractivity contribution in [2.45, 2.75) is 13.8 Å². The number of rotatable bonds is 3. The van der Waals surface area contributed by atoms with Crippen LogP contribution in [-0.2, 0) is 7.05 Å². The molecule has 1 aromatic carbocycles. The van der Waals surface area contributed by atoms with E-state index < -0.39 is 0 Å². The highest BCUT2D eigenvalue weighted by Gasteiger charge is 2.18. The summed E-state index contributed by atoms with van der Waals surface area (Å²) in [6, 6.07) is 5.49. The van der Waals surface area contributed by atoms with Gasteiger partial charge in [0, 0.05) is 12.7 Å². The van der Waals surface area contributed by atoms with E-state index in [2.05, 4.69) is 26.3 Å². The van der Waals surface area contributed by atoms with Gasteiger partial charge in [-0.15, -0.1) is 0 Å². The summed E-state index contributed by atoms with van der Waals surface area (Å²) in [7, 11) is 3.41. The second-order valence-electron chi connectivity index (χ2n) is 4.51. The number of anilines is 1. The predicted molar refractivity (Wildman–Crippen MR) is 81.3 cm³/mol. The number of hydrogen-bond donors (Lipinski definition) is 1. The third-order valence-electron chi connectivity index (χ3n) is 3.16. The molecule has 1 amide bonds. The van der Waals surface area contributed by atoms with Crippen LogP contribution in [0.25, 0.3) is 0 Å². The minimum atomic E-state index is -0.242. The first-order valence-corrected chi connectivity index (χ1v) is 6.88. The van der Waals surface area contributed by atoms with E-state index in [1.54, 1.807) is 24.9 Å². The number of aromatic nitrogens is 2. The maximum atomic E-state index is 12.3. The zero-order valence-electron chi connectivity index (χ0n) is 11.8.